The lowest BCUT2D eigenvalue weighted by molar-refractivity contribution is 0.0365. The molecule has 2 N–H and O–H groups in total. The average molecular weight is 218 g/mol. The Hall–Kier alpha value is -1.96. The molecular weight excluding hydrogens is 204 g/mol. The van der Waals surface area contributed by atoms with Gasteiger partial charge in [-0.3, -0.25) is 4.90 Å². The molecule has 0 bridgehead atoms. The molecule has 1 aliphatic heterocycles. The molecule has 0 saturated carbocycles. The van der Waals surface area contributed by atoms with Gasteiger partial charge in [-0.05, 0) is 18.9 Å². The molecule has 1 atom stereocenters. The molecular formula is C11H14N4O. The Kier molecular flexibility index (Phi) is 3.10. The van der Waals surface area contributed by atoms with Crippen LogP contribution in [0.15, 0.2) is 18.3 Å². The number of nitrogen functional groups attached to an aromatic ring is 1. The first-order valence-electron chi connectivity index (χ1n) is 5.34. The van der Waals surface area contributed by atoms with Gasteiger partial charge in [0.25, 0.3) is 0 Å². The molecule has 1 aromatic heterocycles. The third kappa shape index (κ3) is 2.34. The number of nitriles is 1. The Bertz CT molecular complexity index is 401. The van der Waals surface area contributed by atoms with Gasteiger partial charge < -0.3 is 10.5 Å². The van der Waals surface area contributed by atoms with Crippen molar-refractivity contribution in [3.05, 3.63) is 18.3 Å². The summed E-state index contributed by atoms with van der Waals surface area (Å²) >= 11 is 0. The number of pyridine rings is 1. The number of rotatable bonds is 2. The fraction of sp³-hybridized carbons (Fsp3) is 0.455. The Balaban J connectivity index is 2.05. The first-order valence-corrected chi connectivity index (χ1v) is 5.34. The lowest BCUT2D eigenvalue weighted by Gasteiger charge is -2.31. The van der Waals surface area contributed by atoms with Gasteiger partial charge in [-0.15, -0.1) is 0 Å². The lowest BCUT2D eigenvalue weighted by Crippen LogP contribution is -2.39. The summed E-state index contributed by atoms with van der Waals surface area (Å²) in [6.07, 6.45) is 6.59. The summed E-state index contributed by atoms with van der Waals surface area (Å²) in [6.45, 7) is 0.766. The van der Waals surface area contributed by atoms with Crippen molar-refractivity contribution >= 4 is 5.82 Å². The third-order valence-corrected chi connectivity index (χ3v) is 2.60. The molecule has 0 aromatic carbocycles. The summed E-state index contributed by atoms with van der Waals surface area (Å²) in [6, 6.07) is 3.42. The Morgan fingerprint density at radius 2 is 2.44 bits per heavy atom. The number of ether oxygens (including phenoxy) is 1. The fourth-order valence-electron chi connectivity index (χ4n) is 1.80. The SMILES string of the molecule is N#CN1CCCCC1Oc1ccnc(N)c1. The molecule has 1 saturated heterocycles. The molecule has 16 heavy (non-hydrogen) atoms. The van der Waals surface area contributed by atoms with Crippen LogP contribution in [0.5, 0.6) is 5.75 Å². The highest BCUT2D eigenvalue weighted by atomic mass is 16.5. The third-order valence-electron chi connectivity index (χ3n) is 2.60. The van der Waals surface area contributed by atoms with Crippen LogP contribution in [0.25, 0.3) is 0 Å². The second-order valence-electron chi connectivity index (χ2n) is 3.78. The summed E-state index contributed by atoms with van der Waals surface area (Å²) in [7, 11) is 0. The molecule has 2 heterocycles. The van der Waals surface area contributed by atoms with Crippen LogP contribution in [-0.2, 0) is 0 Å². The number of aromatic nitrogens is 1. The molecule has 5 heteroatoms. The topological polar surface area (TPSA) is 75.2 Å². The Labute approximate surface area is 94.4 Å². The number of piperidine rings is 1. The van der Waals surface area contributed by atoms with Gasteiger partial charge in [-0.25, -0.2) is 4.98 Å². The summed E-state index contributed by atoms with van der Waals surface area (Å²) < 4.78 is 5.72. The highest BCUT2D eigenvalue weighted by Crippen LogP contribution is 2.21. The van der Waals surface area contributed by atoms with E-state index in [4.69, 9.17) is 15.7 Å². The van der Waals surface area contributed by atoms with Crippen LogP contribution >= 0.6 is 0 Å². The molecule has 1 aromatic rings. The van der Waals surface area contributed by atoms with E-state index in [2.05, 4.69) is 11.2 Å². The zero-order valence-electron chi connectivity index (χ0n) is 8.97. The van der Waals surface area contributed by atoms with Gasteiger partial charge in [-0.1, -0.05) is 0 Å². The van der Waals surface area contributed by atoms with Crippen LogP contribution in [0.3, 0.4) is 0 Å². The molecule has 5 nitrogen and oxygen atoms in total. The van der Waals surface area contributed by atoms with Crippen molar-refractivity contribution in [2.45, 2.75) is 25.5 Å². The Morgan fingerprint density at radius 1 is 1.56 bits per heavy atom. The van der Waals surface area contributed by atoms with Crippen molar-refractivity contribution in [2.24, 2.45) is 0 Å². The number of likely N-dealkylation sites (tertiary alicyclic amines) is 1. The zero-order chi connectivity index (χ0) is 11.4. The molecule has 1 aliphatic rings. The van der Waals surface area contributed by atoms with Crippen molar-refractivity contribution in [1.82, 2.24) is 9.88 Å². The van der Waals surface area contributed by atoms with Crippen LogP contribution in [0, 0.1) is 11.5 Å². The minimum Gasteiger partial charge on any atom is -0.470 e. The number of anilines is 1. The molecule has 0 aliphatic carbocycles. The van der Waals surface area contributed by atoms with Gasteiger partial charge in [0.2, 0.25) is 0 Å². The fourth-order valence-corrected chi connectivity index (χ4v) is 1.80. The number of nitrogens with zero attached hydrogens (tertiary/aromatic N) is 3. The number of nitrogens with two attached hydrogens (primary N) is 1. The molecule has 2 rings (SSSR count). The quantitative estimate of drug-likeness (QED) is 0.758. The van der Waals surface area contributed by atoms with Crippen LogP contribution in [0.2, 0.25) is 0 Å². The van der Waals surface area contributed by atoms with E-state index in [1.165, 1.54) is 0 Å². The van der Waals surface area contributed by atoms with Gasteiger partial charge >= 0.3 is 0 Å². The predicted octanol–water partition coefficient (Wildman–Crippen LogP) is 1.34. The second kappa shape index (κ2) is 4.71. The van der Waals surface area contributed by atoms with Crippen molar-refractivity contribution < 1.29 is 4.74 Å². The van der Waals surface area contributed by atoms with Crippen LogP contribution in [-0.4, -0.2) is 22.7 Å². The van der Waals surface area contributed by atoms with Crippen LogP contribution < -0.4 is 10.5 Å². The van der Waals surface area contributed by atoms with E-state index in [9.17, 15) is 0 Å². The second-order valence-corrected chi connectivity index (χ2v) is 3.78. The minimum absolute atomic E-state index is 0.166. The van der Waals surface area contributed by atoms with E-state index in [0.29, 0.717) is 11.6 Å². The number of hydrogen-bond acceptors (Lipinski definition) is 5. The highest BCUT2D eigenvalue weighted by Gasteiger charge is 2.22. The van der Waals surface area contributed by atoms with Crippen LogP contribution in [0.4, 0.5) is 5.82 Å². The Morgan fingerprint density at radius 3 is 3.19 bits per heavy atom. The zero-order valence-corrected chi connectivity index (χ0v) is 8.97. The first kappa shape index (κ1) is 10.6. The maximum absolute atomic E-state index is 8.95. The van der Waals surface area contributed by atoms with E-state index in [1.807, 2.05) is 0 Å². The van der Waals surface area contributed by atoms with E-state index in [1.54, 1.807) is 23.2 Å². The highest BCUT2D eigenvalue weighted by molar-refractivity contribution is 5.35. The predicted molar refractivity (Wildman–Crippen MR) is 59.2 cm³/mol. The van der Waals surface area contributed by atoms with Gasteiger partial charge in [-0.2, -0.15) is 5.26 Å². The van der Waals surface area contributed by atoms with Gasteiger partial charge in [0.05, 0.1) is 0 Å². The maximum Gasteiger partial charge on any atom is 0.182 e. The van der Waals surface area contributed by atoms with E-state index >= 15 is 0 Å². The summed E-state index contributed by atoms with van der Waals surface area (Å²) in [5.41, 5.74) is 5.56. The van der Waals surface area contributed by atoms with Crippen LogP contribution in [0.1, 0.15) is 19.3 Å². The minimum atomic E-state index is -0.166. The molecule has 0 spiro atoms. The monoisotopic (exact) mass is 218 g/mol. The summed E-state index contributed by atoms with van der Waals surface area (Å²) in [4.78, 5) is 5.56. The molecule has 0 radical (unpaired) electrons. The van der Waals surface area contributed by atoms with Crippen molar-refractivity contribution in [3.63, 3.8) is 0 Å². The van der Waals surface area contributed by atoms with Crippen molar-refractivity contribution in [3.8, 4) is 11.9 Å². The van der Waals surface area contributed by atoms with Crippen molar-refractivity contribution in [2.75, 3.05) is 12.3 Å². The summed E-state index contributed by atoms with van der Waals surface area (Å²) in [5, 5.41) is 8.95. The van der Waals surface area contributed by atoms with Gasteiger partial charge in [0.15, 0.2) is 12.4 Å². The molecule has 1 unspecified atom stereocenters. The van der Waals surface area contributed by atoms with Crippen molar-refractivity contribution in [1.29, 1.82) is 5.26 Å². The largest absolute Gasteiger partial charge is 0.470 e. The van der Waals surface area contributed by atoms with E-state index in [-0.39, 0.29) is 6.23 Å². The lowest BCUT2D eigenvalue weighted by atomic mass is 10.1. The summed E-state index contributed by atoms with van der Waals surface area (Å²) in [5.74, 6) is 1.09. The smallest absolute Gasteiger partial charge is 0.182 e. The molecule has 1 fully saturated rings. The standard InChI is InChI=1S/C11H14N4O/c12-8-15-6-2-1-3-11(15)16-9-4-5-14-10(13)7-9/h4-5,7,11H,1-3,6H2,(H2,13,14). The first-order chi connectivity index (χ1) is 7.79. The maximum atomic E-state index is 8.95. The normalized spacial score (nSPS) is 20.2. The van der Waals surface area contributed by atoms with E-state index in [0.717, 1.165) is 25.8 Å². The average Bonchev–Trinajstić information content (AvgIpc) is 2.30. The van der Waals surface area contributed by atoms with E-state index < -0.39 is 0 Å². The number of hydrogen-bond donors (Lipinski definition) is 1. The van der Waals surface area contributed by atoms with Gasteiger partial charge in [0, 0.05) is 25.2 Å². The molecule has 0 amide bonds. The molecule has 84 valence electrons. The van der Waals surface area contributed by atoms with Gasteiger partial charge in [0.1, 0.15) is 11.6 Å².